The molecule has 1 heterocycles. The summed E-state index contributed by atoms with van der Waals surface area (Å²) in [5.41, 5.74) is -0.191. The largest absolute Gasteiger partial charge is 0.497 e. The van der Waals surface area contributed by atoms with Gasteiger partial charge in [-0.25, -0.2) is 9.07 Å². The lowest BCUT2D eigenvalue weighted by Crippen LogP contribution is -2.29. The molecule has 0 bridgehead atoms. The Morgan fingerprint density at radius 3 is 2.50 bits per heavy atom. The van der Waals surface area contributed by atoms with Crippen LogP contribution in [0.3, 0.4) is 0 Å². The lowest BCUT2D eigenvalue weighted by atomic mass is 9.66. The number of ether oxygens (including phenoxy) is 1. The number of halogens is 4. The molecule has 0 spiro atoms. The maximum absolute atomic E-state index is 14.0. The van der Waals surface area contributed by atoms with Gasteiger partial charge in [0.2, 0.25) is 5.95 Å². The zero-order valence-electron chi connectivity index (χ0n) is 24.0. The van der Waals surface area contributed by atoms with Crippen LogP contribution < -0.4 is 10.1 Å². The van der Waals surface area contributed by atoms with Gasteiger partial charge in [-0.05, 0) is 85.6 Å². The molecule has 1 aromatic heterocycles. The number of methoxy groups -OCH3 is 1. The van der Waals surface area contributed by atoms with E-state index in [1.54, 1.807) is 14.2 Å². The summed E-state index contributed by atoms with van der Waals surface area (Å²) in [6.07, 6.45) is 2.82. The molecule has 2 aromatic carbocycles. The van der Waals surface area contributed by atoms with Crippen LogP contribution in [0.1, 0.15) is 82.2 Å². The van der Waals surface area contributed by atoms with Gasteiger partial charge in [0.1, 0.15) is 17.1 Å². The van der Waals surface area contributed by atoms with Gasteiger partial charge in [0.25, 0.3) is 0 Å². The van der Waals surface area contributed by atoms with Crippen LogP contribution in [0.25, 0.3) is 0 Å². The molecular weight excluding hydrogens is 520 g/mol. The van der Waals surface area contributed by atoms with Crippen molar-refractivity contribution in [1.82, 2.24) is 14.8 Å². The Morgan fingerprint density at radius 2 is 1.82 bits per heavy atom. The first-order valence-electron chi connectivity index (χ1n) is 14.1. The van der Waals surface area contributed by atoms with Crippen LogP contribution >= 0.6 is 0 Å². The van der Waals surface area contributed by atoms with Gasteiger partial charge in [0, 0.05) is 13.0 Å². The molecule has 9 heteroatoms. The predicted molar refractivity (Wildman–Crippen MR) is 149 cm³/mol. The van der Waals surface area contributed by atoms with Gasteiger partial charge in [-0.1, -0.05) is 45.4 Å². The topological polar surface area (TPSA) is 52.0 Å². The van der Waals surface area contributed by atoms with E-state index in [0.717, 1.165) is 56.8 Å². The summed E-state index contributed by atoms with van der Waals surface area (Å²) in [6.45, 7) is 6.84. The SMILES string of the molecule is COc1ccc(CCC2CCCC(C(C)c3nc(Nc4cccc(F)c4C(F)(F)F)n(C)n3)CCC2(C)C)cc1. The van der Waals surface area contributed by atoms with Crippen molar-refractivity contribution in [3.05, 3.63) is 65.2 Å². The second-order valence-electron chi connectivity index (χ2n) is 11.8. The molecule has 5 nitrogen and oxygen atoms in total. The van der Waals surface area contributed by atoms with E-state index in [1.165, 1.54) is 22.4 Å². The first-order chi connectivity index (χ1) is 18.9. The first-order valence-corrected chi connectivity index (χ1v) is 14.1. The van der Waals surface area contributed by atoms with Crippen LogP contribution in [0, 0.1) is 23.1 Å². The normalized spacial score (nSPS) is 20.4. The van der Waals surface area contributed by atoms with Crippen molar-refractivity contribution in [3.8, 4) is 5.75 Å². The molecule has 0 amide bonds. The number of alkyl halides is 3. The highest BCUT2D eigenvalue weighted by molar-refractivity contribution is 5.60. The fourth-order valence-electron chi connectivity index (χ4n) is 6.04. The second kappa shape index (κ2) is 12.2. The molecule has 3 aromatic rings. The average molecular weight is 561 g/mol. The molecule has 1 N–H and O–H groups in total. The van der Waals surface area contributed by atoms with E-state index in [1.807, 2.05) is 12.1 Å². The van der Waals surface area contributed by atoms with E-state index in [2.05, 4.69) is 48.3 Å². The summed E-state index contributed by atoms with van der Waals surface area (Å²) in [5, 5.41) is 7.20. The van der Waals surface area contributed by atoms with E-state index in [4.69, 9.17) is 4.74 Å². The minimum Gasteiger partial charge on any atom is -0.497 e. The molecule has 1 aliphatic rings. The third kappa shape index (κ3) is 6.96. The Kier molecular flexibility index (Phi) is 9.10. The van der Waals surface area contributed by atoms with Gasteiger partial charge in [-0.2, -0.15) is 23.3 Å². The van der Waals surface area contributed by atoms with E-state index in [0.29, 0.717) is 17.7 Å². The Labute approximate surface area is 234 Å². The van der Waals surface area contributed by atoms with E-state index in [-0.39, 0.29) is 23.0 Å². The third-order valence-corrected chi connectivity index (χ3v) is 8.77. The fourth-order valence-corrected chi connectivity index (χ4v) is 6.04. The molecule has 3 atom stereocenters. The number of nitrogens with zero attached hydrogens (tertiary/aromatic N) is 3. The van der Waals surface area contributed by atoms with Gasteiger partial charge in [0.05, 0.1) is 12.8 Å². The lowest BCUT2D eigenvalue weighted by molar-refractivity contribution is -0.139. The van der Waals surface area contributed by atoms with Crippen LogP contribution in [0.15, 0.2) is 42.5 Å². The first kappa shape index (κ1) is 29.9. The molecule has 1 saturated carbocycles. The standard InChI is InChI=1S/C31H40F4N4O/c1-20(28-37-29(39(4)38-28)36-26-11-7-10-25(32)27(26)31(33,34)35)22-8-6-9-23(30(2,3)19-18-22)15-12-21-13-16-24(40-5)17-14-21/h7,10-11,13-14,16-17,20,22-23H,6,8-9,12,15,18-19H2,1-5H3,(H,36,37,38). The monoisotopic (exact) mass is 560 g/mol. The number of nitrogens with one attached hydrogen (secondary N) is 1. The number of aromatic nitrogens is 3. The number of anilines is 2. The highest BCUT2D eigenvalue weighted by atomic mass is 19.4. The number of rotatable bonds is 8. The molecular formula is C31H40F4N4O. The Balaban J connectivity index is 1.41. The van der Waals surface area contributed by atoms with Crippen LogP contribution in [-0.4, -0.2) is 21.9 Å². The number of aryl methyl sites for hydroxylation is 2. The molecule has 0 aliphatic heterocycles. The predicted octanol–water partition coefficient (Wildman–Crippen LogP) is 8.68. The molecule has 1 aliphatic carbocycles. The molecule has 218 valence electrons. The maximum atomic E-state index is 14.0. The van der Waals surface area contributed by atoms with Crippen molar-refractivity contribution in [2.45, 2.75) is 77.8 Å². The van der Waals surface area contributed by atoms with Crippen LogP contribution in [-0.2, 0) is 19.6 Å². The molecule has 0 radical (unpaired) electrons. The molecule has 40 heavy (non-hydrogen) atoms. The highest BCUT2D eigenvalue weighted by Gasteiger charge is 2.38. The fraction of sp³-hybridized carbons (Fsp3) is 0.548. The zero-order chi connectivity index (χ0) is 29.1. The van der Waals surface area contributed by atoms with Gasteiger partial charge in [-0.15, -0.1) is 0 Å². The summed E-state index contributed by atoms with van der Waals surface area (Å²) < 4.78 is 61.2. The van der Waals surface area contributed by atoms with Gasteiger partial charge < -0.3 is 10.1 Å². The number of benzene rings is 2. The quantitative estimate of drug-likeness (QED) is 0.280. The molecule has 0 saturated heterocycles. The second-order valence-corrected chi connectivity index (χ2v) is 11.8. The molecule has 3 unspecified atom stereocenters. The average Bonchev–Trinajstić information content (AvgIpc) is 3.25. The van der Waals surface area contributed by atoms with Crippen molar-refractivity contribution in [1.29, 1.82) is 0 Å². The van der Waals surface area contributed by atoms with Crippen molar-refractivity contribution in [2.24, 2.45) is 24.3 Å². The van der Waals surface area contributed by atoms with Crippen LogP contribution in [0.2, 0.25) is 0 Å². The van der Waals surface area contributed by atoms with Crippen molar-refractivity contribution in [3.63, 3.8) is 0 Å². The summed E-state index contributed by atoms with van der Waals surface area (Å²) in [6, 6.07) is 11.6. The Morgan fingerprint density at radius 1 is 1.10 bits per heavy atom. The van der Waals surface area contributed by atoms with Gasteiger partial charge >= 0.3 is 6.18 Å². The summed E-state index contributed by atoms with van der Waals surface area (Å²) >= 11 is 0. The molecule has 4 rings (SSSR count). The van der Waals surface area contributed by atoms with Gasteiger partial charge in [0.15, 0.2) is 5.82 Å². The van der Waals surface area contributed by atoms with E-state index < -0.39 is 17.6 Å². The smallest absolute Gasteiger partial charge is 0.421 e. The highest BCUT2D eigenvalue weighted by Crippen LogP contribution is 2.45. The Bertz CT molecular complexity index is 1270. The number of hydrogen-bond acceptors (Lipinski definition) is 4. The summed E-state index contributed by atoms with van der Waals surface area (Å²) in [4.78, 5) is 4.56. The minimum atomic E-state index is -4.83. The van der Waals surface area contributed by atoms with Crippen molar-refractivity contribution < 1.29 is 22.3 Å². The molecule has 1 fully saturated rings. The summed E-state index contributed by atoms with van der Waals surface area (Å²) in [5.74, 6) is 1.34. The van der Waals surface area contributed by atoms with E-state index in [9.17, 15) is 17.6 Å². The van der Waals surface area contributed by atoms with E-state index >= 15 is 0 Å². The lowest BCUT2D eigenvalue weighted by Gasteiger charge is -2.39. The third-order valence-electron chi connectivity index (χ3n) is 8.77. The van der Waals surface area contributed by atoms with Gasteiger partial charge in [-0.3, -0.25) is 0 Å². The Hall–Kier alpha value is -3.10. The zero-order valence-corrected chi connectivity index (χ0v) is 24.0. The summed E-state index contributed by atoms with van der Waals surface area (Å²) in [7, 11) is 3.31. The van der Waals surface area contributed by atoms with Crippen molar-refractivity contribution >= 4 is 11.6 Å². The van der Waals surface area contributed by atoms with Crippen LogP contribution in [0.4, 0.5) is 29.2 Å². The maximum Gasteiger partial charge on any atom is 0.421 e. The number of hydrogen-bond donors (Lipinski definition) is 1. The van der Waals surface area contributed by atoms with Crippen molar-refractivity contribution in [2.75, 3.05) is 12.4 Å². The van der Waals surface area contributed by atoms with Crippen LogP contribution in [0.5, 0.6) is 5.75 Å². The minimum absolute atomic E-state index is 0.0444.